The summed E-state index contributed by atoms with van der Waals surface area (Å²) in [6, 6.07) is 5.87. The van der Waals surface area contributed by atoms with E-state index in [2.05, 4.69) is 39.0 Å². The first-order chi connectivity index (χ1) is 9.00. The third-order valence-corrected chi connectivity index (χ3v) is 3.73. The second-order valence-corrected chi connectivity index (χ2v) is 5.91. The van der Waals surface area contributed by atoms with E-state index in [4.69, 9.17) is 5.73 Å². The number of anilines is 1. The molecule has 0 aliphatic carbocycles. The summed E-state index contributed by atoms with van der Waals surface area (Å²) < 4.78 is 0. The molecule has 1 aliphatic rings. The molecular formula is C16H24N2O. The minimum atomic E-state index is -0.384. The Labute approximate surface area is 115 Å². The van der Waals surface area contributed by atoms with Crippen molar-refractivity contribution in [3.05, 3.63) is 29.3 Å². The molecule has 0 bridgehead atoms. The minimum Gasteiger partial charge on any atom is -0.320 e. The van der Waals surface area contributed by atoms with Gasteiger partial charge in [-0.2, -0.15) is 0 Å². The lowest BCUT2D eigenvalue weighted by molar-refractivity contribution is -0.120. The fourth-order valence-corrected chi connectivity index (χ4v) is 2.88. The molecule has 1 unspecified atom stereocenters. The predicted molar refractivity (Wildman–Crippen MR) is 79.3 cm³/mol. The van der Waals surface area contributed by atoms with Gasteiger partial charge in [-0.05, 0) is 43.2 Å². The Kier molecular flexibility index (Phi) is 4.25. The molecule has 0 saturated heterocycles. The van der Waals surface area contributed by atoms with Crippen molar-refractivity contribution in [1.29, 1.82) is 0 Å². The Morgan fingerprint density at radius 2 is 2.16 bits per heavy atom. The van der Waals surface area contributed by atoms with E-state index in [0.717, 1.165) is 31.5 Å². The van der Waals surface area contributed by atoms with E-state index >= 15 is 0 Å². The molecule has 2 N–H and O–H groups in total. The molecule has 0 fully saturated rings. The highest BCUT2D eigenvalue weighted by atomic mass is 16.2. The van der Waals surface area contributed by atoms with E-state index in [0.29, 0.717) is 5.92 Å². The highest BCUT2D eigenvalue weighted by molar-refractivity contribution is 5.98. The maximum Gasteiger partial charge on any atom is 0.243 e. The maximum absolute atomic E-state index is 12.5. The molecule has 0 radical (unpaired) electrons. The minimum absolute atomic E-state index is 0.0731. The van der Waals surface area contributed by atoms with Gasteiger partial charge in [0.25, 0.3) is 0 Å². The van der Waals surface area contributed by atoms with Crippen molar-refractivity contribution in [2.75, 3.05) is 11.4 Å². The summed E-state index contributed by atoms with van der Waals surface area (Å²) in [5, 5.41) is 0. The number of rotatable bonds is 3. The van der Waals surface area contributed by atoms with Crippen LogP contribution < -0.4 is 10.6 Å². The van der Waals surface area contributed by atoms with Gasteiger partial charge in [0.2, 0.25) is 5.91 Å². The maximum atomic E-state index is 12.5. The van der Waals surface area contributed by atoms with Gasteiger partial charge in [-0.1, -0.05) is 32.0 Å². The van der Waals surface area contributed by atoms with Crippen LogP contribution in [0.2, 0.25) is 0 Å². The molecule has 3 heteroatoms. The van der Waals surface area contributed by atoms with E-state index in [9.17, 15) is 4.79 Å². The normalized spacial score (nSPS) is 16.4. The number of nitrogens with zero attached hydrogens (tertiary/aromatic N) is 1. The molecule has 1 aromatic rings. The van der Waals surface area contributed by atoms with Crippen molar-refractivity contribution in [2.45, 2.75) is 46.1 Å². The van der Waals surface area contributed by atoms with Crippen LogP contribution in [-0.2, 0) is 11.2 Å². The van der Waals surface area contributed by atoms with Gasteiger partial charge in [0.1, 0.15) is 0 Å². The van der Waals surface area contributed by atoms with Crippen LogP contribution in [0.25, 0.3) is 0 Å². The van der Waals surface area contributed by atoms with Crippen LogP contribution >= 0.6 is 0 Å². The standard InChI is InChI=1S/C16H24N2O/c1-11(2)10-14(17)16(19)18-9-5-8-13-7-4-6-12(3)15(13)18/h4,6-7,11,14H,5,8-10,17H2,1-3H3. The Morgan fingerprint density at radius 1 is 1.42 bits per heavy atom. The monoisotopic (exact) mass is 260 g/mol. The highest BCUT2D eigenvalue weighted by Crippen LogP contribution is 2.31. The van der Waals surface area contributed by atoms with Crippen LogP contribution in [0.1, 0.15) is 37.8 Å². The number of amides is 1. The van der Waals surface area contributed by atoms with Crippen molar-refractivity contribution < 1.29 is 4.79 Å². The first kappa shape index (κ1) is 14.1. The Balaban J connectivity index is 2.26. The summed E-state index contributed by atoms with van der Waals surface area (Å²) in [7, 11) is 0. The van der Waals surface area contributed by atoms with Gasteiger partial charge in [-0.3, -0.25) is 4.79 Å². The van der Waals surface area contributed by atoms with Crippen molar-refractivity contribution >= 4 is 11.6 Å². The van der Waals surface area contributed by atoms with E-state index in [-0.39, 0.29) is 11.9 Å². The third-order valence-electron chi connectivity index (χ3n) is 3.73. The molecule has 0 spiro atoms. The van der Waals surface area contributed by atoms with E-state index in [1.165, 1.54) is 11.1 Å². The smallest absolute Gasteiger partial charge is 0.243 e. The topological polar surface area (TPSA) is 46.3 Å². The first-order valence-corrected chi connectivity index (χ1v) is 7.16. The Morgan fingerprint density at radius 3 is 2.84 bits per heavy atom. The van der Waals surface area contributed by atoms with Gasteiger partial charge in [0.15, 0.2) is 0 Å². The van der Waals surface area contributed by atoms with E-state index in [1.54, 1.807) is 0 Å². The second kappa shape index (κ2) is 5.74. The predicted octanol–water partition coefficient (Wildman–Crippen LogP) is 2.65. The summed E-state index contributed by atoms with van der Waals surface area (Å²) in [5.74, 6) is 0.518. The molecule has 0 aromatic heterocycles. The van der Waals surface area contributed by atoms with Crippen molar-refractivity contribution in [2.24, 2.45) is 11.7 Å². The molecule has 104 valence electrons. The zero-order chi connectivity index (χ0) is 14.0. The molecule has 1 amide bonds. The van der Waals surface area contributed by atoms with Crippen LogP contribution in [0.15, 0.2) is 18.2 Å². The van der Waals surface area contributed by atoms with Gasteiger partial charge >= 0.3 is 0 Å². The van der Waals surface area contributed by atoms with Crippen molar-refractivity contribution in [1.82, 2.24) is 0 Å². The molecular weight excluding hydrogens is 236 g/mol. The van der Waals surface area contributed by atoms with Crippen LogP contribution in [0.3, 0.4) is 0 Å². The fraction of sp³-hybridized carbons (Fsp3) is 0.562. The summed E-state index contributed by atoms with van der Waals surface area (Å²) in [4.78, 5) is 14.5. The lowest BCUT2D eigenvalue weighted by Crippen LogP contribution is -2.46. The number of hydrogen-bond donors (Lipinski definition) is 1. The number of para-hydroxylation sites is 1. The van der Waals surface area contributed by atoms with Crippen molar-refractivity contribution in [3.8, 4) is 0 Å². The van der Waals surface area contributed by atoms with Crippen LogP contribution in [-0.4, -0.2) is 18.5 Å². The van der Waals surface area contributed by atoms with Crippen LogP contribution in [0.5, 0.6) is 0 Å². The average molecular weight is 260 g/mol. The average Bonchev–Trinajstić information content (AvgIpc) is 2.36. The Bertz CT molecular complexity index is 468. The van der Waals surface area contributed by atoms with E-state index < -0.39 is 0 Å². The fourth-order valence-electron chi connectivity index (χ4n) is 2.88. The first-order valence-electron chi connectivity index (χ1n) is 7.16. The number of nitrogens with two attached hydrogens (primary N) is 1. The highest BCUT2D eigenvalue weighted by Gasteiger charge is 2.27. The lowest BCUT2D eigenvalue weighted by Gasteiger charge is -2.33. The molecule has 1 aromatic carbocycles. The zero-order valence-corrected chi connectivity index (χ0v) is 12.1. The zero-order valence-electron chi connectivity index (χ0n) is 12.1. The summed E-state index contributed by atoms with van der Waals surface area (Å²) in [5.41, 5.74) is 9.60. The SMILES string of the molecule is Cc1cccc2c1N(C(=O)C(N)CC(C)C)CCC2. The van der Waals surface area contributed by atoms with Crippen LogP contribution in [0, 0.1) is 12.8 Å². The molecule has 3 nitrogen and oxygen atoms in total. The van der Waals surface area contributed by atoms with Gasteiger partial charge in [0.05, 0.1) is 6.04 Å². The number of aryl methyl sites for hydroxylation is 2. The largest absolute Gasteiger partial charge is 0.320 e. The molecule has 2 rings (SSSR count). The van der Waals surface area contributed by atoms with Gasteiger partial charge in [0, 0.05) is 12.2 Å². The second-order valence-electron chi connectivity index (χ2n) is 5.91. The quantitative estimate of drug-likeness (QED) is 0.908. The van der Waals surface area contributed by atoms with E-state index in [1.807, 2.05) is 4.90 Å². The number of benzene rings is 1. The number of carbonyl (C=O) groups excluding carboxylic acids is 1. The lowest BCUT2D eigenvalue weighted by atomic mass is 9.96. The van der Waals surface area contributed by atoms with Gasteiger partial charge < -0.3 is 10.6 Å². The van der Waals surface area contributed by atoms with Crippen LogP contribution in [0.4, 0.5) is 5.69 Å². The molecule has 1 atom stereocenters. The Hall–Kier alpha value is -1.35. The summed E-state index contributed by atoms with van der Waals surface area (Å²) in [6.07, 6.45) is 2.83. The number of hydrogen-bond acceptors (Lipinski definition) is 2. The summed E-state index contributed by atoms with van der Waals surface area (Å²) in [6.45, 7) is 7.06. The van der Waals surface area contributed by atoms with Gasteiger partial charge in [-0.25, -0.2) is 0 Å². The molecule has 1 heterocycles. The number of carbonyl (C=O) groups is 1. The molecule has 0 saturated carbocycles. The molecule has 19 heavy (non-hydrogen) atoms. The third kappa shape index (κ3) is 2.98. The summed E-state index contributed by atoms with van der Waals surface area (Å²) >= 11 is 0. The number of fused-ring (bicyclic) bond motifs is 1. The van der Waals surface area contributed by atoms with Crippen molar-refractivity contribution in [3.63, 3.8) is 0 Å². The molecule has 1 aliphatic heterocycles. The van der Waals surface area contributed by atoms with Gasteiger partial charge in [-0.15, -0.1) is 0 Å².